The molecular weight excluding hydrogens is 330 g/mol. The Balaban J connectivity index is 1.30. The number of benzene rings is 1. The Hall–Kier alpha value is -3.19. The quantitative estimate of drug-likeness (QED) is 0.517. The summed E-state index contributed by atoms with van der Waals surface area (Å²) in [6.45, 7) is 1.53. The second kappa shape index (κ2) is 7.37. The summed E-state index contributed by atoms with van der Waals surface area (Å²) in [4.78, 5) is 8.89. The van der Waals surface area contributed by atoms with Gasteiger partial charge in [0.05, 0.1) is 19.0 Å². The van der Waals surface area contributed by atoms with Crippen molar-refractivity contribution in [3.63, 3.8) is 0 Å². The zero-order valence-corrected chi connectivity index (χ0v) is 14.4. The predicted octanol–water partition coefficient (Wildman–Crippen LogP) is 2.73. The highest BCUT2D eigenvalue weighted by Gasteiger charge is 2.07. The average Bonchev–Trinajstić information content (AvgIpc) is 3.34. The largest absolute Gasteiger partial charge is 0.497 e. The molecule has 0 aliphatic heterocycles. The third-order valence-electron chi connectivity index (χ3n) is 4.08. The minimum Gasteiger partial charge on any atom is -0.497 e. The number of nitrogens with one attached hydrogen (secondary N) is 1. The Bertz CT molecular complexity index is 991. The summed E-state index contributed by atoms with van der Waals surface area (Å²) in [7, 11) is 1.65. The van der Waals surface area contributed by atoms with Gasteiger partial charge in [0, 0.05) is 49.1 Å². The van der Waals surface area contributed by atoms with E-state index in [1.165, 1.54) is 0 Å². The van der Waals surface area contributed by atoms with Crippen molar-refractivity contribution in [1.29, 1.82) is 0 Å². The minimum absolute atomic E-state index is 0.621. The smallest absolute Gasteiger partial charge is 0.226 e. The molecule has 0 atom stereocenters. The molecule has 1 N–H and O–H groups in total. The molecular formula is C19H19N5O2. The maximum absolute atomic E-state index is 5.58. The molecule has 0 amide bonds. The van der Waals surface area contributed by atoms with E-state index in [0.29, 0.717) is 5.89 Å². The summed E-state index contributed by atoms with van der Waals surface area (Å²) in [5, 5.41) is 7.59. The molecule has 0 radical (unpaired) electrons. The van der Waals surface area contributed by atoms with Crippen molar-refractivity contribution in [2.75, 3.05) is 13.7 Å². The average molecular weight is 349 g/mol. The number of oxazole rings is 1. The second-order valence-electron chi connectivity index (χ2n) is 5.90. The number of ether oxygens (including phenoxy) is 1. The topological polar surface area (TPSA) is 77.5 Å². The van der Waals surface area contributed by atoms with Crippen molar-refractivity contribution in [1.82, 2.24) is 24.9 Å². The van der Waals surface area contributed by atoms with E-state index in [2.05, 4.69) is 20.4 Å². The predicted molar refractivity (Wildman–Crippen MR) is 96.9 cm³/mol. The first-order chi connectivity index (χ1) is 12.8. The van der Waals surface area contributed by atoms with Gasteiger partial charge < -0.3 is 14.5 Å². The van der Waals surface area contributed by atoms with Crippen LogP contribution in [0.25, 0.3) is 17.1 Å². The van der Waals surface area contributed by atoms with Gasteiger partial charge in [-0.3, -0.25) is 0 Å². The summed E-state index contributed by atoms with van der Waals surface area (Å²) in [5.74, 6) is 1.43. The summed E-state index contributed by atoms with van der Waals surface area (Å²) in [6.07, 6.45) is 8.08. The Kier molecular flexibility index (Phi) is 4.61. The van der Waals surface area contributed by atoms with Crippen LogP contribution in [-0.2, 0) is 13.0 Å². The lowest BCUT2D eigenvalue weighted by atomic mass is 10.2. The van der Waals surface area contributed by atoms with E-state index in [4.69, 9.17) is 9.15 Å². The van der Waals surface area contributed by atoms with Gasteiger partial charge in [-0.25, -0.2) is 14.5 Å². The number of hydrogen-bond acceptors (Lipinski definition) is 6. The Morgan fingerprint density at radius 1 is 1.19 bits per heavy atom. The fraction of sp³-hybridized carbons (Fsp3) is 0.211. The zero-order valence-electron chi connectivity index (χ0n) is 14.4. The molecule has 0 saturated carbocycles. The van der Waals surface area contributed by atoms with Gasteiger partial charge in [-0.2, -0.15) is 5.10 Å². The Morgan fingerprint density at radius 2 is 2.08 bits per heavy atom. The molecule has 0 unspecified atom stereocenters. The fourth-order valence-corrected chi connectivity index (χ4v) is 2.68. The SMILES string of the molecule is COc1ccc(-c2nc(CCNCc3cnc4ccnn4c3)co2)cc1. The molecule has 132 valence electrons. The lowest BCUT2D eigenvalue weighted by Crippen LogP contribution is -2.17. The standard InChI is InChI=1S/C19H19N5O2/c1-25-17-4-2-15(3-5-17)19-23-16(13-26-19)6-8-20-10-14-11-21-18-7-9-22-24(18)12-14/h2-5,7,9,11-13,20H,6,8,10H2,1H3. The number of fused-ring (bicyclic) bond motifs is 1. The van der Waals surface area contributed by atoms with Crippen molar-refractivity contribution >= 4 is 5.65 Å². The van der Waals surface area contributed by atoms with Crippen LogP contribution in [0.4, 0.5) is 0 Å². The molecule has 4 rings (SSSR count). The fourth-order valence-electron chi connectivity index (χ4n) is 2.68. The summed E-state index contributed by atoms with van der Waals surface area (Å²) < 4.78 is 12.5. The number of aromatic nitrogens is 4. The first-order valence-corrected chi connectivity index (χ1v) is 8.39. The minimum atomic E-state index is 0.621. The van der Waals surface area contributed by atoms with Crippen molar-refractivity contribution in [2.45, 2.75) is 13.0 Å². The van der Waals surface area contributed by atoms with Gasteiger partial charge >= 0.3 is 0 Å². The molecule has 0 aliphatic rings. The summed E-state index contributed by atoms with van der Waals surface area (Å²) in [5.41, 5.74) is 3.79. The first-order valence-electron chi connectivity index (χ1n) is 8.39. The van der Waals surface area contributed by atoms with Crippen LogP contribution in [-0.4, -0.2) is 33.2 Å². The van der Waals surface area contributed by atoms with Crippen molar-refractivity contribution in [3.05, 3.63) is 66.4 Å². The highest BCUT2D eigenvalue weighted by Crippen LogP contribution is 2.21. The van der Waals surface area contributed by atoms with Crippen molar-refractivity contribution in [2.24, 2.45) is 0 Å². The molecule has 4 aromatic rings. The highest BCUT2D eigenvalue weighted by atomic mass is 16.5. The van der Waals surface area contributed by atoms with Gasteiger partial charge in [0.1, 0.15) is 12.0 Å². The van der Waals surface area contributed by atoms with Crippen molar-refractivity contribution in [3.8, 4) is 17.2 Å². The molecule has 26 heavy (non-hydrogen) atoms. The molecule has 0 bridgehead atoms. The van der Waals surface area contributed by atoms with Gasteiger partial charge in [0.15, 0.2) is 5.65 Å². The van der Waals surface area contributed by atoms with E-state index < -0.39 is 0 Å². The molecule has 7 heteroatoms. The van der Waals surface area contributed by atoms with Gasteiger partial charge in [-0.05, 0) is 24.3 Å². The zero-order chi connectivity index (χ0) is 17.8. The molecule has 1 aromatic carbocycles. The van der Waals surface area contributed by atoms with Crippen LogP contribution < -0.4 is 10.1 Å². The van der Waals surface area contributed by atoms with Gasteiger partial charge in [0.25, 0.3) is 0 Å². The van der Waals surface area contributed by atoms with E-state index in [9.17, 15) is 0 Å². The molecule has 0 aliphatic carbocycles. The van der Waals surface area contributed by atoms with Gasteiger partial charge in [-0.15, -0.1) is 0 Å². The van der Waals surface area contributed by atoms with E-state index in [0.717, 1.165) is 47.7 Å². The van der Waals surface area contributed by atoms with Crippen LogP contribution in [0.1, 0.15) is 11.3 Å². The Morgan fingerprint density at radius 3 is 2.92 bits per heavy atom. The van der Waals surface area contributed by atoms with Gasteiger partial charge in [-0.1, -0.05) is 0 Å². The first kappa shape index (κ1) is 16.3. The van der Waals surface area contributed by atoms with Crippen LogP contribution in [0.3, 0.4) is 0 Å². The van der Waals surface area contributed by atoms with Crippen LogP contribution in [0.5, 0.6) is 5.75 Å². The molecule has 0 spiro atoms. The van der Waals surface area contributed by atoms with Crippen LogP contribution in [0.15, 0.2) is 59.6 Å². The third kappa shape index (κ3) is 3.57. The number of methoxy groups -OCH3 is 1. The normalized spacial score (nSPS) is 11.1. The van der Waals surface area contributed by atoms with Crippen molar-refractivity contribution < 1.29 is 9.15 Å². The summed E-state index contributed by atoms with van der Waals surface area (Å²) in [6, 6.07) is 9.54. The molecule has 3 heterocycles. The maximum atomic E-state index is 5.58. The summed E-state index contributed by atoms with van der Waals surface area (Å²) >= 11 is 0. The molecule has 0 saturated heterocycles. The third-order valence-corrected chi connectivity index (χ3v) is 4.08. The highest BCUT2D eigenvalue weighted by molar-refractivity contribution is 5.54. The van der Waals surface area contributed by atoms with Crippen LogP contribution in [0.2, 0.25) is 0 Å². The lowest BCUT2D eigenvalue weighted by Gasteiger charge is -2.03. The van der Waals surface area contributed by atoms with E-state index in [1.807, 2.05) is 42.7 Å². The van der Waals surface area contributed by atoms with Gasteiger partial charge in [0.2, 0.25) is 5.89 Å². The van der Waals surface area contributed by atoms with E-state index in [1.54, 1.807) is 24.1 Å². The molecule has 3 aromatic heterocycles. The van der Waals surface area contributed by atoms with E-state index in [-0.39, 0.29) is 0 Å². The number of rotatable bonds is 7. The number of nitrogens with zero attached hydrogens (tertiary/aromatic N) is 4. The second-order valence-corrected chi connectivity index (χ2v) is 5.90. The maximum Gasteiger partial charge on any atom is 0.226 e. The molecule has 7 nitrogen and oxygen atoms in total. The monoisotopic (exact) mass is 349 g/mol. The number of hydrogen-bond donors (Lipinski definition) is 1. The van der Waals surface area contributed by atoms with Crippen LogP contribution in [0, 0.1) is 0 Å². The van der Waals surface area contributed by atoms with E-state index >= 15 is 0 Å². The van der Waals surface area contributed by atoms with Crippen LogP contribution >= 0.6 is 0 Å². The Labute approximate surface area is 150 Å². The molecule has 0 fully saturated rings. The lowest BCUT2D eigenvalue weighted by molar-refractivity contribution is 0.415.